The number of carbonyl (C=O) groups is 4. The molecule has 7 nitrogen and oxygen atoms in total. The number of ketones is 2. The van der Waals surface area contributed by atoms with Gasteiger partial charge in [0.2, 0.25) is 11.8 Å². The summed E-state index contributed by atoms with van der Waals surface area (Å²) in [6, 6.07) is 4.79. The average Bonchev–Trinajstić information content (AvgIpc) is 3.23. The van der Waals surface area contributed by atoms with Gasteiger partial charge in [0, 0.05) is 28.7 Å². The fourth-order valence-corrected chi connectivity index (χ4v) is 7.22. The number of allylic oxidation sites excluding steroid dienone is 6. The lowest BCUT2D eigenvalue weighted by molar-refractivity contribution is -0.143. The van der Waals surface area contributed by atoms with Crippen LogP contribution in [-0.4, -0.2) is 35.6 Å². The first-order valence-corrected chi connectivity index (χ1v) is 14.3. The smallest absolute Gasteiger partial charge is 0.416 e. The number of fused-ring (bicyclic) bond motifs is 3. The Hall–Kier alpha value is -4.20. The molecule has 0 spiro atoms. The molecule has 1 N–H and O–H groups in total. The van der Waals surface area contributed by atoms with Gasteiger partial charge in [0.15, 0.2) is 11.6 Å². The fraction of sp³-hybridized carbons (Fsp3) is 0.290. The van der Waals surface area contributed by atoms with Crippen LogP contribution in [-0.2, 0) is 31.5 Å². The summed E-state index contributed by atoms with van der Waals surface area (Å²) in [6.45, 7) is 0. The Labute approximate surface area is 259 Å². The van der Waals surface area contributed by atoms with Crippen LogP contribution < -0.4 is 9.64 Å². The highest BCUT2D eigenvalue weighted by Crippen LogP contribution is 2.57. The third-order valence-electron chi connectivity index (χ3n) is 8.71. The van der Waals surface area contributed by atoms with Crippen molar-refractivity contribution in [2.45, 2.75) is 31.1 Å². The van der Waals surface area contributed by atoms with Crippen LogP contribution in [0.3, 0.4) is 0 Å². The Kier molecular flexibility index (Phi) is 7.14. The lowest BCUT2D eigenvalue weighted by Crippen LogP contribution is -2.39. The first-order valence-electron chi connectivity index (χ1n) is 13.5. The zero-order valence-corrected chi connectivity index (χ0v) is 24.5. The summed E-state index contributed by atoms with van der Waals surface area (Å²) in [4.78, 5) is 54.6. The summed E-state index contributed by atoms with van der Waals surface area (Å²) >= 11 is 3.08. The molecule has 1 saturated heterocycles. The van der Waals surface area contributed by atoms with Crippen molar-refractivity contribution in [2.75, 3.05) is 12.0 Å². The fourth-order valence-electron chi connectivity index (χ4n) is 6.77. The van der Waals surface area contributed by atoms with Gasteiger partial charge < -0.3 is 9.84 Å². The van der Waals surface area contributed by atoms with Crippen molar-refractivity contribution in [2.24, 2.45) is 17.8 Å². The van der Waals surface area contributed by atoms with Gasteiger partial charge in [-0.15, -0.1) is 0 Å². The minimum absolute atomic E-state index is 0.0153. The molecule has 45 heavy (non-hydrogen) atoms. The standard InChI is InChI=1S/C31H20BrF6NO6/c1-45-15-2-5-22(40)19(9-15)24-16-3-4-17-25(18(16)10-20-26(24)23(41)11-21(32)27(20)42)29(44)39(28(17)43)14-7-12(30(33,34)35)6-13(8-14)31(36,37)38/h2-3,5-9,11,17-18,24-25,40H,4,10H2,1H3. The van der Waals surface area contributed by atoms with Gasteiger partial charge in [0.05, 0.1) is 40.2 Å². The number of benzene rings is 2. The lowest BCUT2D eigenvalue weighted by Gasteiger charge is -2.42. The SMILES string of the molecule is COc1ccc(O)c(C2C3=CCC4C(=O)N(c5cc(C(F)(F)F)cc(C(F)(F)F)c5)C(=O)C4C3CC3=C2C(=O)C=C(Br)C3=O)c1. The molecule has 6 rings (SSSR count). The van der Waals surface area contributed by atoms with Gasteiger partial charge in [-0.3, -0.25) is 19.2 Å². The quantitative estimate of drug-likeness (QED) is 0.173. The van der Waals surface area contributed by atoms with Crippen molar-refractivity contribution < 1.29 is 55.4 Å². The van der Waals surface area contributed by atoms with Crippen LogP contribution >= 0.6 is 15.9 Å². The molecule has 0 bridgehead atoms. The molecule has 4 atom stereocenters. The molecule has 234 valence electrons. The average molecular weight is 696 g/mol. The maximum atomic E-state index is 14.0. The van der Waals surface area contributed by atoms with E-state index in [4.69, 9.17) is 4.74 Å². The number of nitrogens with zero attached hydrogens (tertiary/aromatic N) is 1. The van der Waals surface area contributed by atoms with E-state index in [1.165, 1.54) is 25.3 Å². The number of hydrogen-bond acceptors (Lipinski definition) is 6. The van der Waals surface area contributed by atoms with Gasteiger partial charge in [-0.1, -0.05) is 11.6 Å². The molecule has 1 aliphatic heterocycles. The van der Waals surface area contributed by atoms with Gasteiger partial charge in [0.1, 0.15) is 11.5 Å². The number of alkyl halides is 6. The monoisotopic (exact) mass is 695 g/mol. The Bertz CT molecular complexity index is 1770. The van der Waals surface area contributed by atoms with Gasteiger partial charge in [-0.2, -0.15) is 26.3 Å². The molecule has 0 aromatic heterocycles. The van der Waals surface area contributed by atoms with Gasteiger partial charge in [-0.05, 0) is 71.1 Å². The molecule has 2 aromatic rings. The Balaban J connectivity index is 1.49. The second kappa shape index (κ2) is 10.4. The summed E-state index contributed by atoms with van der Waals surface area (Å²) in [6.07, 6.45) is -8.08. The Morgan fingerprint density at radius 1 is 0.911 bits per heavy atom. The minimum Gasteiger partial charge on any atom is -0.508 e. The topological polar surface area (TPSA) is 101 Å². The van der Waals surface area contributed by atoms with Crippen molar-refractivity contribution >= 4 is 45.0 Å². The highest BCUT2D eigenvalue weighted by molar-refractivity contribution is 9.12. The molecule has 2 aromatic carbocycles. The second-order valence-electron chi connectivity index (χ2n) is 11.1. The largest absolute Gasteiger partial charge is 0.508 e. The molecule has 14 heteroatoms. The van der Waals surface area contributed by atoms with E-state index in [-0.39, 0.29) is 45.8 Å². The maximum Gasteiger partial charge on any atom is 0.416 e. The highest BCUT2D eigenvalue weighted by Gasteiger charge is 2.57. The number of phenols is 1. The number of rotatable bonds is 3. The molecule has 1 heterocycles. The normalized spacial score (nSPS) is 25.1. The number of imide groups is 1. The third-order valence-corrected chi connectivity index (χ3v) is 9.30. The minimum atomic E-state index is -5.21. The summed E-state index contributed by atoms with van der Waals surface area (Å²) in [7, 11) is 1.37. The van der Waals surface area contributed by atoms with Crippen LogP contribution in [0.25, 0.3) is 0 Å². The van der Waals surface area contributed by atoms with Crippen LogP contribution in [0.4, 0.5) is 32.0 Å². The molecular weight excluding hydrogens is 676 g/mol. The van der Waals surface area contributed by atoms with E-state index in [1.807, 2.05) is 0 Å². The highest BCUT2D eigenvalue weighted by atomic mass is 79.9. The zero-order valence-electron chi connectivity index (χ0n) is 22.9. The first-order chi connectivity index (χ1) is 21.0. The van der Waals surface area contributed by atoms with Crippen LogP contribution in [0.1, 0.15) is 35.4 Å². The van der Waals surface area contributed by atoms with Crippen LogP contribution in [0.5, 0.6) is 11.5 Å². The molecule has 4 unspecified atom stereocenters. The van der Waals surface area contributed by atoms with E-state index < -0.39 is 76.2 Å². The van der Waals surface area contributed by atoms with Crippen molar-refractivity contribution in [3.05, 3.63) is 86.4 Å². The van der Waals surface area contributed by atoms with E-state index in [0.29, 0.717) is 28.4 Å². The van der Waals surface area contributed by atoms with E-state index >= 15 is 0 Å². The molecular formula is C31H20BrF6NO6. The van der Waals surface area contributed by atoms with E-state index in [9.17, 15) is 50.6 Å². The number of amides is 2. The van der Waals surface area contributed by atoms with Crippen molar-refractivity contribution in [3.63, 3.8) is 0 Å². The predicted octanol–water partition coefficient (Wildman–Crippen LogP) is 6.41. The predicted molar refractivity (Wildman–Crippen MR) is 148 cm³/mol. The maximum absolute atomic E-state index is 14.0. The van der Waals surface area contributed by atoms with Gasteiger partial charge in [0.25, 0.3) is 0 Å². The van der Waals surface area contributed by atoms with Crippen molar-refractivity contribution in [1.29, 1.82) is 0 Å². The molecule has 3 aliphatic carbocycles. The van der Waals surface area contributed by atoms with Gasteiger partial charge >= 0.3 is 12.4 Å². The summed E-state index contributed by atoms with van der Waals surface area (Å²) in [5, 5.41) is 10.9. The van der Waals surface area contributed by atoms with Gasteiger partial charge in [-0.25, -0.2) is 4.90 Å². The number of Topliss-reactive ketones (excluding diaryl/α,β-unsaturated/α-hetero) is 1. The molecule has 4 aliphatic rings. The van der Waals surface area contributed by atoms with E-state index in [2.05, 4.69) is 15.9 Å². The lowest BCUT2D eigenvalue weighted by atomic mass is 9.59. The number of hydrogen-bond donors (Lipinski definition) is 1. The van der Waals surface area contributed by atoms with Crippen LogP contribution in [0, 0.1) is 17.8 Å². The summed E-state index contributed by atoms with van der Waals surface area (Å²) in [5.41, 5.74) is -3.61. The Morgan fingerprint density at radius 3 is 2.16 bits per heavy atom. The molecule has 0 radical (unpaired) electrons. The Morgan fingerprint density at radius 2 is 1.56 bits per heavy atom. The summed E-state index contributed by atoms with van der Waals surface area (Å²) in [5.74, 6) is -7.55. The molecule has 2 amide bonds. The molecule has 1 fully saturated rings. The number of halogens is 7. The summed E-state index contributed by atoms with van der Waals surface area (Å²) < 4.78 is 86.9. The van der Waals surface area contributed by atoms with E-state index in [1.54, 1.807) is 6.08 Å². The number of anilines is 1. The van der Waals surface area contributed by atoms with E-state index in [0.717, 1.165) is 6.08 Å². The first kappa shape index (κ1) is 30.8. The second-order valence-corrected chi connectivity index (χ2v) is 11.9. The third kappa shape index (κ3) is 4.89. The number of carbonyl (C=O) groups excluding carboxylic acids is 4. The zero-order chi connectivity index (χ0) is 32.7. The number of phenolic OH excluding ortho intramolecular Hbond substituents is 1. The van der Waals surface area contributed by atoms with Crippen molar-refractivity contribution in [3.8, 4) is 11.5 Å². The number of ether oxygens (including phenoxy) is 1. The van der Waals surface area contributed by atoms with Crippen LogP contribution in [0.2, 0.25) is 0 Å². The number of methoxy groups -OCH3 is 1. The van der Waals surface area contributed by atoms with Crippen LogP contribution in [0.15, 0.2) is 69.8 Å². The molecule has 0 saturated carbocycles. The van der Waals surface area contributed by atoms with Crippen molar-refractivity contribution in [1.82, 2.24) is 0 Å². The number of aromatic hydroxyl groups is 1.